The Labute approximate surface area is 178 Å². The first kappa shape index (κ1) is 18.9. The third kappa shape index (κ3) is 3.61. The summed E-state index contributed by atoms with van der Waals surface area (Å²) in [5, 5.41) is 14.8. The second kappa shape index (κ2) is 7.65. The van der Waals surface area contributed by atoms with E-state index >= 15 is 0 Å². The lowest BCUT2D eigenvalue weighted by Gasteiger charge is -2.12. The molecule has 0 radical (unpaired) electrons. The van der Waals surface area contributed by atoms with E-state index in [9.17, 15) is 14.4 Å². The summed E-state index contributed by atoms with van der Waals surface area (Å²) in [7, 11) is 0. The fourth-order valence-electron chi connectivity index (χ4n) is 3.10. The highest BCUT2D eigenvalue weighted by atomic mass is 32.2. The number of thioether (sulfide) groups is 1. The predicted molar refractivity (Wildman–Crippen MR) is 109 cm³/mol. The van der Waals surface area contributed by atoms with E-state index in [4.69, 9.17) is 4.52 Å². The van der Waals surface area contributed by atoms with Crippen LogP contribution in [0.1, 0.15) is 55.7 Å². The van der Waals surface area contributed by atoms with E-state index in [0.29, 0.717) is 32.3 Å². The van der Waals surface area contributed by atoms with Gasteiger partial charge in [0.05, 0.1) is 11.1 Å². The lowest BCUT2D eigenvalue weighted by Crippen LogP contribution is -2.31. The molecule has 1 saturated carbocycles. The van der Waals surface area contributed by atoms with Gasteiger partial charge in [-0.1, -0.05) is 40.4 Å². The van der Waals surface area contributed by atoms with E-state index in [1.54, 1.807) is 30.3 Å². The molecule has 152 valence electrons. The molecular formula is C19H15N5O4S2. The van der Waals surface area contributed by atoms with Crippen LogP contribution in [0.4, 0.5) is 5.13 Å². The Morgan fingerprint density at radius 3 is 2.63 bits per heavy atom. The van der Waals surface area contributed by atoms with Crippen LogP contribution in [-0.2, 0) is 0 Å². The van der Waals surface area contributed by atoms with Crippen molar-refractivity contribution in [2.75, 3.05) is 17.6 Å². The second-order valence-electron chi connectivity index (χ2n) is 6.87. The number of anilines is 1. The van der Waals surface area contributed by atoms with E-state index in [2.05, 4.69) is 20.7 Å². The lowest BCUT2D eigenvalue weighted by molar-refractivity contribution is 0.0664. The number of hydrogen-bond donors (Lipinski definition) is 1. The molecule has 3 heterocycles. The van der Waals surface area contributed by atoms with Crippen molar-refractivity contribution in [3.63, 3.8) is 0 Å². The van der Waals surface area contributed by atoms with Gasteiger partial charge >= 0.3 is 0 Å². The summed E-state index contributed by atoms with van der Waals surface area (Å²) in [5.41, 5.74) is 1.09. The van der Waals surface area contributed by atoms with Crippen LogP contribution in [-0.4, -0.2) is 50.3 Å². The maximum atomic E-state index is 12.4. The molecule has 1 aliphatic heterocycles. The Balaban J connectivity index is 1.14. The first-order chi connectivity index (χ1) is 14.6. The molecule has 1 aliphatic carbocycles. The average Bonchev–Trinajstić information content (AvgIpc) is 3.22. The van der Waals surface area contributed by atoms with Crippen molar-refractivity contribution in [2.24, 2.45) is 0 Å². The number of fused-ring (bicyclic) bond motifs is 1. The van der Waals surface area contributed by atoms with Crippen molar-refractivity contribution in [2.45, 2.75) is 23.1 Å². The van der Waals surface area contributed by atoms with Crippen LogP contribution in [0.15, 0.2) is 39.2 Å². The van der Waals surface area contributed by atoms with E-state index in [1.807, 2.05) is 0 Å². The number of aromatic nitrogens is 3. The van der Waals surface area contributed by atoms with Crippen molar-refractivity contribution in [3.8, 4) is 0 Å². The number of carbonyl (C=O) groups excluding carboxylic acids is 3. The van der Waals surface area contributed by atoms with Gasteiger partial charge in [-0.2, -0.15) is 0 Å². The number of benzene rings is 1. The summed E-state index contributed by atoms with van der Waals surface area (Å²) in [4.78, 5) is 38.2. The Kier molecular flexibility index (Phi) is 4.83. The molecule has 9 nitrogen and oxygen atoms in total. The van der Waals surface area contributed by atoms with Gasteiger partial charge in [-0.3, -0.25) is 24.6 Å². The number of nitrogens with one attached hydrogen (secondary N) is 1. The topological polar surface area (TPSA) is 118 Å². The zero-order valence-electron chi connectivity index (χ0n) is 15.5. The van der Waals surface area contributed by atoms with Crippen LogP contribution in [0.5, 0.6) is 0 Å². The van der Waals surface area contributed by atoms with E-state index in [0.717, 1.165) is 18.6 Å². The van der Waals surface area contributed by atoms with Gasteiger partial charge in [0.25, 0.3) is 17.7 Å². The molecule has 1 fully saturated rings. The molecule has 0 atom stereocenters. The number of rotatable bonds is 7. The lowest BCUT2D eigenvalue weighted by atomic mass is 10.1. The van der Waals surface area contributed by atoms with Gasteiger partial charge in [-0.25, -0.2) is 0 Å². The smallest absolute Gasteiger partial charge is 0.279 e. The number of amides is 3. The van der Waals surface area contributed by atoms with Crippen LogP contribution in [0, 0.1) is 0 Å². The molecule has 2 aromatic heterocycles. The standard InChI is InChI=1S/C19H15N5O4S2/c25-15(13-9-14(28-23-13)10-5-6-10)20-18-21-22-19(30-18)29-8-7-24-16(26)11-3-1-2-4-12(11)17(24)27/h1-4,9-10H,5-8H2,(H,20,21,25). The highest BCUT2D eigenvalue weighted by Gasteiger charge is 2.34. The molecule has 11 heteroatoms. The average molecular weight is 441 g/mol. The summed E-state index contributed by atoms with van der Waals surface area (Å²) < 4.78 is 5.81. The van der Waals surface area contributed by atoms with Gasteiger partial charge in [-0.05, 0) is 25.0 Å². The van der Waals surface area contributed by atoms with Gasteiger partial charge in [0, 0.05) is 24.3 Å². The zero-order chi connectivity index (χ0) is 20.7. The highest BCUT2D eigenvalue weighted by Crippen LogP contribution is 2.40. The van der Waals surface area contributed by atoms with Crippen LogP contribution in [0.3, 0.4) is 0 Å². The van der Waals surface area contributed by atoms with Crippen molar-refractivity contribution in [3.05, 3.63) is 52.9 Å². The minimum Gasteiger partial charge on any atom is -0.360 e. The summed E-state index contributed by atoms with van der Waals surface area (Å²) in [5.74, 6) is 0.637. The van der Waals surface area contributed by atoms with Gasteiger partial charge in [0.15, 0.2) is 10.0 Å². The number of hydrogen-bond acceptors (Lipinski definition) is 9. The fourth-order valence-corrected chi connectivity index (χ4v) is 4.84. The first-order valence-corrected chi connectivity index (χ1v) is 11.1. The van der Waals surface area contributed by atoms with Crippen molar-refractivity contribution in [1.29, 1.82) is 0 Å². The minimum atomic E-state index is -0.399. The SMILES string of the molecule is O=C(Nc1nnc(SCCN2C(=O)c3ccccc3C2=O)s1)c1cc(C2CC2)on1. The molecule has 5 rings (SSSR count). The molecule has 3 aromatic rings. The summed E-state index contributed by atoms with van der Waals surface area (Å²) in [6, 6.07) is 8.46. The van der Waals surface area contributed by atoms with E-state index < -0.39 is 5.91 Å². The van der Waals surface area contributed by atoms with Crippen LogP contribution in [0.25, 0.3) is 0 Å². The van der Waals surface area contributed by atoms with Gasteiger partial charge < -0.3 is 4.52 Å². The van der Waals surface area contributed by atoms with Gasteiger partial charge in [-0.15, -0.1) is 10.2 Å². The molecule has 0 saturated heterocycles. The monoisotopic (exact) mass is 441 g/mol. The van der Waals surface area contributed by atoms with Crippen molar-refractivity contribution < 1.29 is 18.9 Å². The Bertz CT molecular complexity index is 1120. The Hall–Kier alpha value is -3.05. The third-order valence-electron chi connectivity index (χ3n) is 4.79. The van der Waals surface area contributed by atoms with Crippen molar-refractivity contribution >= 4 is 46.0 Å². The minimum absolute atomic E-state index is 0.215. The maximum absolute atomic E-state index is 12.4. The van der Waals surface area contributed by atoms with Crippen LogP contribution < -0.4 is 5.32 Å². The molecule has 1 aromatic carbocycles. The molecular weight excluding hydrogens is 426 g/mol. The Morgan fingerprint density at radius 1 is 1.20 bits per heavy atom. The zero-order valence-corrected chi connectivity index (χ0v) is 17.2. The quantitative estimate of drug-likeness (QED) is 0.338. The molecule has 0 spiro atoms. The van der Waals surface area contributed by atoms with Crippen LogP contribution in [0.2, 0.25) is 0 Å². The normalized spacial score (nSPS) is 15.5. The first-order valence-electron chi connectivity index (χ1n) is 9.29. The molecule has 1 N–H and O–H groups in total. The maximum Gasteiger partial charge on any atom is 0.279 e. The highest BCUT2D eigenvalue weighted by molar-refractivity contribution is 8.01. The number of nitrogens with zero attached hydrogens (tertiary/aromatic N) is 4. The van der Waals surface area contributed by atoms with Gasteiger partial charge in [0.2, 0.25) is 5.13 Å². The molecule has 0 bridgehead atoms. The number of carbonyl (C=O) groups is 3. The fraction of sp³-hybridized carbons (Fsp3) is 0.263. The van der Waals surface area contributed by atoms with E-state index in [1.165, 1.54) is 28.0 Å². The van der Waals surface area contributed by atoms with Crippen molar-refractivity contribution in [1.82, 2.24) is 20.3 Å². The predicted octanol–water partition coefficient (Wildman–Crippen LogP) is 3.04. The molecule has 3 amide bonds. The Morgan fingerprint density at radius 2 is 1.93 bits per heavy atom. The summed E-state index contributed by atoms with van der Waals surface area (Å²) in [6.07, 6.45) is 2.13. The largest absolute Gasteiger partial charge is 0.360 e. The third-order valence-corrected chi connectivity index (χ3v) is 6.74. The van der Waals surface area contributed by atoms with E-state index in [-0.39, 0.29) is 24.1 Å². The molecule has 0 unspecified atom stereocenters. The second-order valence-corrected chi connectivity index (χ2v) is 9.19. The molecule has 2 aliphatic rings. The summed E-state index contributed by atoms with van der Waals surface area (Å²) >= 11 is 2.58. The summed E-state index contributed by atoms with van der Waals surface area (Å²) in [6.45, 7) is 0.265. The number of imide groups is 1. The molecule has 30 heavy (non-hydrogen) atoms. The van der Waals surface area contributed by atoms with Crippen LogP contribution >= 0.6 is 23.1 Å². The van der Waals surface area contributed by atoms with Gasteiger partial charge in [0.1, 0.15) is 5.76 Å².